The maximum atomic E-state index is 13.4. The third-order valence-electron chi connectivity index (χ3n) is 2.98. The van der Waals surface area contributed by atoms with Crippen LogP contribution in [0.5, 0.6) is 0 Å². The van der Waals surface area contributed by atoms with Crippen molar-refractivity contribution in [1.29, 1.82) is 0 Å². The molecule has 3 rings (SSSR count). The molecule has 0 bridgehead atoms. The molecule has 2 aromatic carbocycles. The summed E-state index contributed by atoms with van der Waals surface area (Å²) in [5, 5.41) is 3.44. The van der Waals surface area contributed by atoms with E-state index in [1.54, 1.807) is 6.07 Å². The zero-order valence-corrected chi connectivity index (χ0v) is 12.1. The van der Waals surface area contributed by atoms with Crippen LogP contribution in [0, 0.1) is 12.7 Å². The Morgan fingerprint density at radius 1 is 1.14 bits per heavy atom. The number of imidazole rings is 1. The Balaban J connectivity index is 1.99. The predicted molar refractivity (Wildman–Crippen MR) is 83.0 cm³/mol. The van der Waals surface area contributed by atoms with Crippen LogP contribution in [0.1, 0.15) is 5.69 Å². The number of anilines is 2. The molecule has 5 heteroatoms. The lowest BCUT2D eigenvalue weighted by Gasteiger charge is -2.10. The second kappa shape index (κ2) is 5.58. The van der Waals surface area contributed by atoms with Gasteiger partial charge in [0.15, 0.2) is 0 Å². The van der Waals surface area contributed by atoms with Gasteiger partial charge in [-0.05, 0) is 37.3 Å². The van der Waals surface area contributed by atoms with Crippen LogP contribution >= 0.6 is 11.6 Å². The lowest BCUT2D eigenvalue weighted by molar-refractivity contribution is 0.628. The highest BCUT2D eigenvalue weighted by molar-refractivity contribution is 6.30. The van der Waals surface area contributed by atoms with Crippen molar-refractivity contribution >= 4 is 23.2 Å². The molecule has 0 saturated carbocycles. The van der Waals surface area contributed by atoms with Crippen LogP contribution < -0.4 is 5.32 Å². The van der Waals surface area contributed by atoms with Crippen molar-refractivity contribution in [2.75, 3.05) is 5.32 Å². The molecule has 0 aliphatic carbocycles. The second-order valence-corrected chi connectivity index (χ2v) is 5.13. The monoisotopic (exact) mass is 301 g/mol. The van der Waals surface area contributed by atoms with Gasteiger partial charge in [-0.25, -0.2) is 9.37 Å². The molecule has 0 unspecified atom stereocenters. The minimum Gasteiger partial charge on any atom is -0.325 e. The van der Waals surface area contributed by atoms with Crippen LogP contribution in [0.25, 0.3) is 5.69 Å². The molecule has 0 aliphatic rings. The molecule has 0 amide bonds. The summed E-state index contributed by atoms with van der Waals surface area (Å²) in [6.07, 6.45) is 1.92. The van der Waals surface area contributed by atoms with Gasteiger partial charge in [-0.1, -0.05) is 29.8 Å². The van der Waals surface area contributed by atoms with Gasteiger partial charge in [0, 0.05) is 22.6 Å². The van der Waals surface area contributed by atoms with E-state index >= 15 is 0 Å². The molecule has 1 N–H and O–H groups in total. The predicted octanol–water partition coefficient (Wildman–Crippen LogP) is 4.72. The van der Waals surface area contributed by atoms with E-state index in [4.69, 9.17) is 11.6 Å². The van der Waals surface area contributed by atoms with Crippen LogP contribution in [0.2, 0.25) is 5.02 Å². The molecule has 3 aromatic rings. The Kier molecular flexibility index (Phi) is 3.62. The lowest BCUT2D eigenvalue weighted by atomic mass is 10.3. The normalized spacial score (nSPS) is 10.6. The maximum Gasteiger partial charge on any atom is 0.212 e. The molecule has 0 atom stereocenters. The highest BCUT2D eigenvalue weighted by atomic mass is 35.5. The van der Waals surface area contributed by atoms with Crippen molar-refractivity contribution in [3.05, 3.63) is 71.3 Å². The maximum absolute atomic E-state index is 13.4. The van der Waals surface area contributed by atoms with Gasteiger partial charge in [0.2, 0.25) is 5.95 Å². The fourth-order valence-electron chi connectivity index (χ4n) is 2.13. The summed E-state index contributed by atoms with van der Waals surface area (Å²) >= 11 is 5.87. The Labute approximate surface area is 127 Å². The first-order valence-electron chi connectivity index (χ1n) is 6.46. The number of rotatable bonds is 3. The average Bonchev–Trinajstić information content (AvgIpc) is 2.79. The molecule has 106 valence electrons. The Morgan fingerprint density at radius 2 is 1.90 bits per heavy atom. The third-order valence-corrected chi connectivity index (χ3v) is 3.20. The fourth-order valence-corrected chi connectivity index (χ4v) is 2.35. The number of aromatic nitrogens is 2. The summed E-state index contributed by atoms with van der Waals surface area (Å²) in [6, 6.07) is 14.1. The van der Waals surface area contributed by atoms with Crippen LogP contribution in [0.4, 0.5) is 16.0 Å². The van der Waals surface area contributed by atoms with Gasteiger partial charge < -0.3 is 5.32 Å². The van der Waals surface area contributed by atoms with E-state index in [-0.39, 0.29) is 5.82 Å². The SMILES string of the molecule is Cc1cn(-c2ccccc2)c(Nc2cc(F)cc(Cl)c2)n1. The molecule has 0 radical (unpaired) electrons. The quantitative estimate of drug-likeness (QED) is 0.759. The van der Waals surface area contributed by atoms with E-state index in [0.717, 1.165) is 11.4 Å². The van der Waals surface area contributed by atoms with Crippen molar-refractivity contribution in [3.8, 4) is 5.69 Å². The fraction of sp³-hybridized carbons (Fsp3) is 0.0625. The number of benzene rings is 2. The molecule has 1 heterocycles. The number of hydrogen-bond acceptors (Lipinski definition) is 2. The topological polar surface area (TPSA) is 29.9 Å². The second-order valence-electron chi connectivity index (χ2n) is 4.69. The van der Waals surface area contributed by atoms with E-state index in [2.05, 4.69) is 10.3 Å². The smallest absolute Gasteiger partial charge is 0.212 e. The lowest BCUT2D eigenvalue weighted by Crippen LogP contribution is -2.01. The zero-order valence-electron chi connectivity index (χ0n) is 11.3. The Hall–Kier alpha value is -2.33. The van der Waals surface area contributed by atoms with Crippen LogP contribution in [0.15, 0.2) is 54.7 Å². The van der Waals surface area contributed by atoms with Gasteiger partial charge in [0.05, 0.1) is 5.69 Å². The number of para-hydroxylation sites is 1. The highest BCUT2D eigenvalue weighted by Crippen LogP contribution is 2.23. The number of nitrogens with zero attached hydrogens (tertiary/aromatic N) is 2. The van der Waals surface area contributed by atoms with E-state index in [0.29, 0.717) is 16.7 Å². The molecular weight excluding hydrogens is 289 g/mol. The highest BCUT2D eigenvalue weighted by Gasteiger charge is 2.08. The molecular formula is C16H13ClFN3. The number of hydrogen-bond donors (Lipinski definition) is 1. The van der Waals surface area contributed by atoms with Gasteiger partial charge >= 0.3 is 0 Å². The first-order valence-corrected chi connectivity index (χ1v) is 6.84. The molecule has 0 fully saturated rings. The average molecular weight is 302 g/mol. The van der Waals surface area contributed by atoms with Gasteiger partial charge in [-0.2, -0.15) is 0 Å². The largest absolute Gasteiger partial charge is 0.325 e. The zero-order chi connectivity index (χ0) is 14.8. The van der Waals surface area contributed by atoms with E-state index in [1.165, 1.54) is 12.1 Å². The summed E-state index contributed by atoms with van der Waals surface area (Å²) in [4.78, 5) is 4.43. The molecule has 0 spiro atoms. The molecule has 0 aliphatic heterocycles. The first kappa shape index (κ1) is 13.6. The number of aryl methyl sites for hydroxylation is 1. The van der Waals surface area contributed by atoms with Crippen molar-refractivity contribution in [2.45, 2.75) is 6.92 Å². The standard InChI is InChI=1S/C16H13ClFN3/c1-11-10-21(15-5-3-2-4-6-15)16(19-11)20-14-8-12(17)7-13(18)9-14/h2-10H,1H3,(H,19,20). The van der Waals surface area contributed by atoms with Crippen LogP contribution in [0.3, 0.4) is 0 Å². The summed E-state index contributed by atoms with van der Waals surface area (Å²) < 4.78 is 15.3. The number of halogens is 2. The first-order chi connectivity index (χ1) is 10.1. The summed E-state index contributed by atoms with van der Waals surface area (Å²) in [6.45, 7) is 1.91. The van der Waals surface area contributed by atoms with Crippen molar-refractivity contribution in [3.63, 3.8) is 0 Å². The van der Waals surface area contributed by atoms with Gasteiger partial charge in [0.1, 0.15) is 5.82 Å². The van der Waals surface area contributed by atoms with Gasteiger partial charge in [-0.3, -0.25) is 4.57 Å². The van der Waals surface area contributed by atoms with Gasteiger partial charge in [0.25, 0.3) is 0 Å². The van der Waals surface area contributed by atoms with Crippen molar-refractivity contribution < 1.29 is 4.39 Å². The van der Waals surface area contributed by atoms with Crippen LogP contribution in [-0.2, 0) is 0 Å². The molecule has 0 saturated heterocycles. The van der Waals surface area contributed by atoms with Gasteiger partial charge in [-0.15, -0.1) is 0 Å². The van der Waals surface area contributed by atoms with E-state index in [1.807, 2.05) is 48.0 Å². The molecule has 1 aromatic heterocycles. The summed E-state index contributed by atoms with van der Waals surface area (Å²) in [7, 11) is 0. The summed E-state index contributed by atoms with van der Waals surface area (Å²) in [5.74, 6) is 0.222. The summed E-state index contributed by atoms with van der Waals surface area (Å²) in [5.41, 5.74) is 2.40. The Bertz CT molecular complexity index is 748. The Morgan fingerprint density at radius 3 is 2.62 bits per heavy atom. The van der Waals surface area contributed by atoms with Crippen LogP contribution in [-0.4, -0.2) is 9.55 Å². The number of nitrogens with one attached hydrogen (secondary N) is 1. The van der Waals surface area contributed by atoms with E-state index in [9.17, 15) is 4.39 Å². The van der Waals surface area contributed by atoms with Crippen molar-refractivity contribution in [1.82, 2.24) is 9.55 Å². The molecule has 3 nitrogen and oxygen atoms in total. The minimum absolute atomic E-state index is 0.340. The van der Waals surface area contributed by atoms with E-state index < -0.39 is 0 Å². The molecule has 21 heavy (non-hydrogen) atoms. The minimum atomic E-state index is -0.389. The third kappa shape index (κ3) is 3.06. The van der Waals surface area contributed by atoms with Crippen molar-refractivity contribution in [2.24, 2.45) is 0 Å².